The summed E-state index contributed by atoms with van der Waals surface area (Å²) < 4.78 is 15.7. The van der Waals surface area contributed by atoms with E-state index in [0.29, 0.717) is 33.5 Å². The van der Waals surface area contributed by atoms with Crippen molar-refractivity contribution in [2.24, 2.45) is 5.10 Å². The van der Waals surface area contributed by atoms with Crippen LogP contribution in [0.3, 0.4) is 0 Å². The summed E-state index contributed by atoms with van der Waals surface area (Å²) in [7, 11) is 4.46. The number of rotatable bonds is 6. The van der Waals surface area contributed by atoms with Crippen molar-refractivity contribution in [2.75, 3.05) is 26.6 Å². The first-order chi connectivity index (χ1) is 13.4. The molecule has 0 saturated heterocycles. The van der Waals surface area contributed by atoms with Crippen LogP contribution in [0, 0.1) is 0 Å². The van der Waals surface area contributed by atoms with Gasteiger partial charge in [-0.05, 0) is 24.3 Å². The van der Waals surface area contributed by atoms with E-state index in [1.54, 1.807) is 12.1 Å². The number of hydrogen-bond donors (Lipinski definition) is 2. The Labute approximate surface area is 171 Å². The molecule has 0 unspecified atom stereocenters. The van der Waals surface area contributed by atoms with Crippen LogP contribution in [0.15, 0.2) is 35.4 Å². The van der Waals surface area contributed by atoms with Gasteiger partial charge in [-0.25, -0.2) is 5.43 Å². The van der Waals surface area contributed by atoms with Crippen molar-refractivity contribution < 1.29 is 23.8 Å². The fourth-order valence-electron chi connectivity index (χ4n) is 2.13. The van der Waals surface area contributed by atoms with E-state index in [4.69, 9.17) is 37.4 Å². The van der Waals surface area contributed by atoms with E-state index in [1.807, 2.05) is 0 Å². The number of benzene rings is 2. The Balaban J connectivity index is 2.06. The van der Waals surface area contributed by atoms with Gasteiger partial charge in [0, 0.05) is 17.3 Å². The molecule has 2 aromatic carbocycles. The van der Waals surface area contributed by atoms with Crippen LogP contribution >= 0.6 is 23.2 Å². The Hall–Kier alpha value is -2.97. The summed E-state index contributed by atoms with van der Waals surface area (Å²) in [5.74, 6) is -0.525. The summed E-state index contributed by atoms with van der Waals surface area (Å²) >= 11 is 11.7. The Morgan fingerprint density at radius 1 is 0.893 bits per heavy atom. The number of halogens is 2. The first-order valence-corrected chi connectivity index (χ1v) is 8.54. The molecular formula is C18H17Cl2N3O5. The van der Waals surface area contributed by atoms with Crippen molar-refractivity contribution in [2.45, 2.75) is 0 Å². The molecule has 0 aliphatic rings. The predicted octanol–water partition coefficient (Wildman–Crippen LogP) is 3.11. The number of hydrogen-bond acceptors (Lipinski definition) is 6. The van der Waals surface area contributed by atoms with Crippen molar-refractivity contribution in [3.05, 3.63) is 45.9 Å². The lowest BCUT2D eigenvalue weighted by Gasteiger charge is -2.11. The van der Waals surface area contributed by atoms with Crippen LogP contribution in [0.5, 0.6) is 17.2 Å². The highest BCUT2D eigenvalue weighted by molar-refractivity contribution is 6.42. The zero-order valence-electron chi connectivity index (χ0n) is 15.2. The minimum absolute atomic E-state index is 0.249. The molecular weight excluding hydrogens is 409 g/mol. The molecule has 0 fully saturated rings. The maximum absolute atomic E-state index is 11.9. The average Bonchev–Trinajstić information content (AvgIpc) is 2.70. The highest BCUT2D eigenvalue weighted by Crippen LogP contribution is 2.33. The lowest BCUT2D eigenvalue weighted by atomic mass is 10.2. The summed E-state index contributed by atoms with van der Waals surface area (Å²) in [4.78, 5) is 23.8. The number of nitrogens with zero attached hydrogens (tertiary/aromatic N) is 1. The summed E-state index contributed by atoms with van der Waals surface area (Å²) in [6.45, 7) is 0. The molecule has 0 saturated carbocycles. The van der Waals surface area contributed by atoms with Gasteiger partial charge in [0.15, 0.2) is 11.5 Å². The highest BCUT2D eigenvalue weighted by Gasteiger charge is 2.14. The van der Waals surface area contributed by atoms with Gasteiger partial charge in [0.1, 0.15) is 5.75 Å². The monoisotopic (exact) mass is 425 g/mol. The second-order valence-corrected chi connectivity index (χ2v) is 6.05. The molecule has 2 amide bonds. The Morgan fingerprint density at radius 3 is 2.14 bits per heavy atom. The van der Waals surface area contributed by atoms with Gasteiger partial charge < -0.3 is 19.5 Å². The van der Waals surface area contributed by atoms with Gasteiger partial charge in [0.25, 0.3) is 0 Å². The number of methoxy groups -OCH3 is 3. The van der Waals surface area contributed by atoms with Crippen molar-refractivity contribution in [1.29, 1.82) is 0 Å². The van der Waals surface area contributed by atoms with E-state index in [-0.39, 0.29) is 5.02 Å². The Kier molecular flexibility index (Phi) is 7.48. The highest BCUT2D eigenvalue weighted by atomic mass is 35.5. The molecule has 0 aliphatic heterocycles. The molecule has 0 aromatic heterocycles. The molecule has 28 heavy (non-hydrogen) atoms. The quantitative estimate of drug-likeness (QED) is 0.420. The zero-order chi connectivity index (χ0) is 20.7. The molecule has 0 aliphatic carbocycles. The second kappa shape index (κ2) is 9.82. The topological polar surface area (TPSA) is 98.2 Å². The van der Waals surface area contributed by atoms with E-state index in [2.05, 4.69) is 15.8 Å². The molecule has 8 nitrogen and oxygen atoms in total. The number of ether oxygens (including phenoxy) is 3. The molecule has 2 aromatic rings. The minimum atomic E-state index is -0.971. The summed E-state index contributed by atoms with van der Waals surface area (Å²) in [5, 5.41) is 6.73. The van der Waals surface area contributed by atoms with Gasteiger partial charge in [-0.3, -0.25) is 9.59 Å². The van der Waals surface area contributed by atoms with Crippen molar-refractivity contribution in [3.63, 3.8) is 0 Å². The number of nitrogens with one attached hydrogen (secondary N) is 2. The fourth-order valence-corrected chi connectivity index (χ4v) is 2.42. The van der Waals surface area contributed by atoms with Gasteiger partial charge >= 0.3 is 11.8 Å². The van der Waals surface area contributed by atoms with Crippen LogP contribution in [0.25, 0.3) is 0 Å². The lowest BCUT2D eigenvalue weighted by Crippen LogP contribution is -2.32. The maximum Gasteiger partial charge on any atom is 0.329 e. The Bertz CT molecular complexity index is 918. The van der Waals surface area contributed by atoms with Crippen LogP contribution in [0.4, 0.5) is 5.69 Å². The third kappa shape index (κ3) is 5.28. The third-order valence-corrected chi connectivity index (χ3v) is 4.23. The van der Waals surface area contributed by atoms with Gasteiger partial charge in [-0.2, -0.15) is 5.10 Å². The average molecular weight is 426 g/mol. The molecule has 0 spiro atoms. The normalized spacial score (nSPS) is 10.5. The van der Waals surface area contributed by atoms with Crippen LogP contribution in [0.2, 0.25) is 10.0 Å². The number of carbonyl (C=O) groups excluding carboxylic acids is 2. The van der Waals surface area contributed by atoms with Crippen LogP contribution in [-0.4, -0.2) is 39.4 Å². The van der Waals surface area contributed by atoms with Gasteiger partial charge in [0.2, 0.25) is 0 Å². The van der Waals surface area contributed by atoms with E-state index in [0.717, 1.165) is 0 Å². The molecule has 148 valence electrons. The molecule has 0 radical (unpaired) electrons. The van der Waals surface area contributed by atoms with Crippen molar-refractivity contribution >= 4 is 46.9 Å². The predicted molar refractivity (Wildman–Crippen MR) is 107 cm³/mol. The molecule has 10 heteroatoms. The number of hydrazone groups is 1. The van der Waals surface area contributed by atoms with Crippen molar-refractivity contribution in [1.82, 2.24) is 5.43 Å². The van der Waals surface area contributed by atoms with Gasteiger partial charge in [0.05, 0.1) is 37.6 Å². The smallest absolute Gasteiger partial charge is 0.329 e. The third-order valence-electron chi connectivity index (χ3n) is 3.49. The molecule has 0 atom stereocenters. The summed E-state index contributed by atoms with van der Waals surface area (Å²) in [6.07, 6.45) is 1.31. The van der Waals surface area contributed by atoms with Gasteiger partial charge in [-0.1, -0.05) is 23.2 Å². The van der Waals surface area contributed by atoms with Crippen LogP contribution < -0.4 is 25.0 Å². The standard InChI is InChI=1S/C18H17Cl2N3O5/c1-26-14-8-16(28-3)15(27-2)6-10(14)9-21-23-18(25)17(24)22-11-4-5-12(19)13(20)7-11/h4-9H,1-3H3,(H,22,24)(H,23,25)/b21-9+. The number of carbonyl (C=O) groups is 2. The fraction of sp³-hybridized carbons (Fsp3) is 0.167. The van der Waals surface area contributed by atoms with Crippen LogP contribution in [0.1, 0.15) is 5.56 Å². The van der Waals surface area contributed by atoms with Crippen LogP contribution in [-0.2, 0) is 9.59 Å². The minimum Gasteiger partial charge on any atom is -0.496 e. The zero-order valence-corrected chi connectivity index (χ0v) is 16.7. The first kappa shape index (κ1) is 21.3. The van der Waals surface area contributed by atoms with Crippen molar-refractivity contribution in [3.8, 4) is 17.2 Å². The number of amides is 2. The van der Waals surface area contributed by atoms with E-state index in [1.165, 1.54) is 45.7 Å². The Morgan fingerprint density at radius 2 is 1.54 bits per heavy atom. The SMILES string of the molecule is COc1cc(OC)c(OC)cc1/C=N/NC(=O)C(=O)Nc1ccc(Cl)c(Cl)c1. The lowest BCUT2D eigenvalue weighted by molar-refractivity contribution is -0.136. The number of anilines is 1. The van der Waals surface area contributed by atoms with E-state index in [9.17, 15) is 9.59 Å². The van der Waals surface area contributed by atoms with Gasteiger partial charge in [-0.15, -0.1) is 0 Å². The first-order valence-electron chi connectivity index (χ1n) is 7.79. The van der Waals surface area contributed by atoms with E-state index >= 15 is 0 Å². The molecule has 0 bridgehead atoms. The maximum atomic E-state index is 11.9. The molecule has 2 N–H and O–H groups in total. The molecule has 0 heterocycles. The summed E-state index contributed by atoms with van der Waals surface area (Å²) in [5.41, 5.74) is 2.95. The largest absolute Gasteiger partial charge is 0.496 e. The second-order valence-electron chi connectivity index (χ2n) is 5.23. The molecule has 2 rings (SSSR count). The van der Waals surface area contributed by atoms with E-state index < -0.39 is 11.8 Å². The summed E-state index contributed by atoms with van der Waals surface area (Å²) in [6, 6.07) is 7.66.